The van der Waals surface area contributed by atoms with Gasteiger partial charge in [0.15, 0.2) is 0 Å². The summed E-state index contributed by atoms with van der Waals surface area (Å²) >= 11 is 0. The summed E-state index contributed by atoms with van der Waals surface area (Å²) in [5, 5.41) is 13.4. The lowest BCUT2D eigenvalue weighted by molar-refractivity contribution is -0.290. The van der Waals surface area contributed by atoms with E-state index in [1.54, 1.807) is 0 Å². The van der Waals surface area contributed by atoms with Crippen LogP contribution in [0.2, 0.25) is 0 Å². The average Bonchev–Trinajstić information content (AvgIpc) is 2.44. The van der Waals surface area contributed by atoms with Gasteiger partial charge in [-0.3, -0.25) is 4.79 Å². The average molecular weight is 368 g/mol. The third kappa shape index (κ3) is 3.65. The minimum Gasteiger partial charge on any atom is -0.435 e. The molecule has 0 bridgehead atoms. The van der Waals surface area contributed by atoms with Crippen molar-refractivity contribution in [2.45, 2.75) is 31.5 Å². The molecule has 2 amide bonds. The summed E-state index contributed by atoms with van der Waals surface area (Å²) in [5.41, 5.74) is -3.77. The van der Waals surface area contributed by atoms with Gasteiger partial charge in [-0.15, -0.1) is 0 Å². The maximum absolute atomic E-state index is 13.3. The lowest BCUT2D eigenvalue weighted by Gasteiger charge is -2.44. The van der Waals surface area contributed by atoms with Gasteiger partial charge in [-0.1, -0.05) is 12.1 Å². The van der Waals surface area contributed by atoms with Crippen molar-refractivity contribution in [1.29, 1.82) is 0 Å². The van der Waals surface area contributed by atoms with Crippen molar-refractivity contribution in [3.63, 3.8) is 0 Å². The van der Waals surface area contributed by atoms with E-state index in [1.165, 1.54) is 5.32 Å². The number of aliphatic hydroxyl groups is 1. The quantitative estimate of drug-likeness (QED) is 0.711. The Morgan fingerprint density at radius 2 is 1.84 bits per heavy atom. The summed E-state index contributed by atoms with van der Waals surface area (Å²) in [7, 11) is 0. The fraction of sp³-hybridized carbons (Fsp3) is 0.429. The maximum Gasteiger partial charge on any atom is 0.437 e. The molecule has 138 valence electrons. The molecule has 0 saturated carbocycles. The molecule has 11 heteroatoms. The van der Waals surface area contributed by atoms with Crippen LogP contribution in [-0.2, 0) is 4.79 Å². The second-order valence-electron chi connectivity index (χ2n) is 5.38. The van der Waals surface area contributed by atoms with Gasteiger partial charge >= 0.3 is 18.8 Å². The summed E-state index contributed by atoms with van der Waals surface area (Å²) < 4.78 is 68.2. The van der Waals surface area contributed by atoms with Crippen molar-refractivity contribution in [2.24, 2.45) is 5.92 Å². The van der Waals surface area contributed by atoms with E-state index < -0.39 is 42.3 Å². The smallest absolute Gasteiger partial charge is 0.435 e. The molecule has 1 aliphatic heterocycles. The number of alkyl halides is 5. The number of benzene rings is 1. The van der Waals surface area contributed by atoms with Gasteiger partial charge < -0.3 is 20.5 Å². The van der Waals surface area contributed by atoms with Crippen LogP contribution in [0, 0.1) is 5.92 Å². The summed E-state index contributed by atoms with van der Waals surface area (Å²) in [4.78, 5) is 23.4. The van der Waals surface area contributed by atoms with Gasteiger partial charge in [0, 0.05) is 0 Å². The Hall–Kier alpha value is -2.43. The van der Waals surface area contributed by atoms with Gasteiger partial charge in [0.2, 0.25) is 5.72 Å². The number of nitrogens with one attached hydrogen (secondary N) is 2. The van der Waals surface area contributed by atoms with E-state index in [0.717, 1.165) is 31.2 Å². The van der Waals surface area contributed by atoms with E-state index in [4.69, 9.17) is 0 Å². The second kappa shape index (κ2) is 6.47. The number of carbonyl (C=O) groups excluding carboxylic acids is 2. The van der Waals surface area contributed by atoms with Gasteiger partial charge in [-0.25, -0.2) is 4.79 Å². The first-order valence-corrected chi connectivity index (χ1v) is 6.88. The zero-order valence-corrected chi connectivity index (χ0v) is 12.6. The van der Waals surface area contributed by atoms with Gasteiger partial charge in [-0.05, 0) is 24.6 Å². The fourth-order valence-electron chi connectivity index (χ4n) is 2.66. The number of ketones is 1. The van der Waals surface area contributed by atoms with E-state index >= 15 is 0 Å². The van der Waals surface area contributed by atoms with E-state index in [1.807, 2.05) is 0 Å². The molecule has 1 fully saturated rings. The molecule has 2 rings (SSSR count). The first-order chi connectivity index (χ1) is 11.5. The van der Waals surface area contributed by atoms with E-state index in [-0.39, 0.29) is 11.3 Å². The number of urea groups is 1. The fourth-order valence-corrected chi connectivity index (χ4v) is 2.66. The van der Waals surface area contributed by atoms with E-state index in [2.05, 4.69) is 10.1 Å². The highest BCUT2D eigenvalue weighted by Crippen LogP contribution is 2.42. The van der Waals surface area contributed by atoms with Crippen LogP contribution in [0.4, 0.5) is 26.7 Å². The van der Waals surface area contributed by atoms with Crippen molar-refractivity contribution in [1.82, 2.24) is 10.6 Å². The summed E-state index contributed by atoms with van der Waals surface area (Å²) in [6, 6.07) is 1.44. The zero-order valence-electron chi connectivity index (χ0n) is 12.6. The van der Waals surface area contributed by atoms with Crippen molar-refractivity contribution in [3.05, 3.63) is 29.8 Å². The predicted molar refractivity (Wildman–Crippen MR) is 72.7 cm³/mol. The molecule has 25 heavy (non-hydrogen) atoms. The molecule has 0 spiro atoms. The molecule has 0 aromatic heterocycles. The molecule has 0 aliphatic carbocycles. The molecule has 1 aromatic rings. The molecular formula is C14H13F5N2O4. The van der Waals surface area contributed by atoms with Crippen LogP contribution in [-0.4, -0.2) is 35.4 Å². The number of amides is 2. The lowest BCUT2D eigenvalue weighted by atomic mass is 9.79. The normalized spacial score (nSPS) is 26.8. The highest BCUT2D eigenvalue weighted by Gasteiger charge is 2.65. The molecule has 1 aromatic carbocycles. The molecule has 0 radical (unpaired) electrons. The van der Waals surface area contributed by atoms with Crippen molar-refractivity contribution in [2.75, 3.05) is 0 Å². The zero-order chi connectivity index (χ0) is 19.0. The monoisotopic (exact) mass is 368 g/mol. The predicted octanol–water partition coefficient (Wildman–Crippen LogP) is 2.10. The van der Waals surface area contributed by atoms with Gasteiger partial charge in [0.1, 0.15) is 11.5 Å². The minimum absolute atomic E-state index is 0.000610. The lowest BCUT2D eigenvalue weighted by Crippen LogP contribution is -2.72. The Kier molecular flexibility index (Phi) is 4.89. The summed E-state index contributed by atoms with van der Waals surface area (Å²) in [6.45, 7) is -2.26. The Bertz CT molecular complexity index is 664. The van der Waals surface area contributed by atoms with Crippen LogP contribution in [0.15, 0.2) is 24.3 Å². The SMILES string of the molecule is CC(=O)[C@H]1[C@@H](c2ccc(OC(F)F)cc2)NC(=O)N[C@]1(O)C(F)(F)F. The number of rotatable bonds is 4. The first-order valence-electron chi connectivity index (χ1n) is 6.88. The summed E-state index contributed by atoms with van der Waals surface area (Å²) in [6.07, 6.45) is -5.32. The second-order valence-corrected chi connectivity index (χ2v) is 5.38. The molecular weight excluding hydrogens is 355 g/mol. The third-order valence-corrected chi connectivity index (χ3v) is 3.71. The maximum atomic E-state index is 13.3. The van der Waals surface area contributed by atoms with Gasteiger partial charge in [0.05, 0.1) is 12.0 Å². The van der Waals surface area contributed by atoms with E-state index in [0.29, 0.717) is 0 Å². The Labute approximate surface area is 138 Å². The van der Waals surface area contributed by atoms with Crippen LogP contribution >= 0.6 is 0 Å². The van der Waals surface area contributed by atoms with Crippen LogP contribution in [0.3, 0.4) is 0 Å². The highest BCUT2D eigenvalue weighted by molar-refractivity contribution is 5.86. The molecule has 3 atom stereocenters. The Morgan fingerprint density at radius 1 is 1.28 bits per heavy atom. The molecule has 1 saturated heterocycles. The number of hydrogen-bond donors (Lipinski definition) is 3. The van der Waals surface area contributed by atoms with Crippen LogP contribution in [0.1, 0.15) is 18.5 Å². The first kappa shape index (κ1) is 18.9. The molecule has 1 heterocycles. The topological polar surface area (TPSA) is 87.7 Å². The number of hydrogen-bond acceptors (Lipinski definition) is 4. The van der Waals surface area contributed by atoms with Crippen LogP contribution < -0.4 is 15.4 Å². The third-order valence-electron chi connectivity index (χ3n) is 3.71. The van der Waals surface area contributed by atoms with Crippen LogP contribution in [0.25, 0.3) is 0 Å². The van der Waals surface area contributed by atoms with Crippen molar-refractivity contribution < 1.29 is 41.4 Å². The van der Waals surface area contributed by atoms with Gasteiger partial charge in [0.25, 0.3) is 0 Å². The Morgan fingerprint density at radius 3 is 2.28 bits per heavy atom. The largest absolute Gasteiger partial charge is 0.437 e. The standard InChI is InChI=1S/C14H13F5N2O4/c1-6(22)9-10(7-2-4-8(5-3-7)25-11(15)16)20-12(23)21-13(9,24)14(17,18)19/h2-5,9-11,24H,1H3,(H2,20,21,23)/t9-,10+,13+/m0/s1. The van der Waals surface area contributed by atoms with Gasteiger partial charge in [-0.2, -0.15) is 22.0 Å². The number of Topliss-reactive ketones (excluding diaryl/α,β-unsaturated/α-hetero) is 1. The van der Waals surface area contributed by atoms with E-state index in [9.17, 15) is 36.6 Å². The molecule has 3 N–H and O–H groups in total. The Balaban J connectivity index is 2.43. The summed E-state index contributed by atoms with van der Waals surface area (Å²) in [5.74, 6) is -3.39. The number of ether oxygens (including phenoxy) is 1. The number of carbonyl (C=O) groups is 2. The number of halogens is 5. The van der Waals surface area contributed by atoms with Crippen molar-refractivity contribution in [3.8, 4) is 5.75 Å². The molecule has 6 nitrogen and oxygen atoms in total. The molecule has 0 unspecified atom stereocenters. The van der Waals surface area contributed by atoms with Crippen molar-refractivity contribution >= 4 is 11.8 Å². The minimum atomic E-state index is -5.32. The van der Waals surface area contributed by atoms with Crippen LogP contribution in [0.5, 0.6) is 5.75 Å². The molecule has 1 aliphatic rings. The highest BCUT2D eigenvalue weighted by atomic mass is 19.4.